The number of carbonyl (C=O) groups excluding carboxylic acids is 1. The number of nitrogens with one attached hydrogen (secondary N) is 2. The molecule has 1 heterocycles. The van der Waals surface area contributed by atoms with Crippen LogP contribution in [-0.2, 0) is 9.53 Å². The van der Waals surface area contributed by atoms with Crippen molar-refractivity contribution in [2.45, 2.75) is 12.8 Å². The first kappa shape index (κ1) is 18.0. The van der Waals surface area contributed by atoms with Gasteiger partial charge in [-0.1, -0.05) is 12.1 Å². The van der Waals surface area contributed by atoms with E-state index in [0.717, 1.165) is 22.2 Å². The van der Waals surface area contributed by atoms with E-state index in [9.17, 15) is 10.1 Å². The predicted molar refractivity (Wildman–Crippen MR) is 105 cm³/mol. The number of aromatic nitrogens is 2. The minimum atomic E-state index is -0.221. The molecule has 0 radical (unpaired) electrons. The fourth-order valence-corrected chi connectivity index (χ4v) is 3.04. The number of nitriles is 1. The second-order valence-electron chi connectivity index (χ2n) is 6.89. The lowest BCUT2D eigenvalue weighted by Gasteiger charge is -2.08. The summed E-state index contributed by atoms with van der Waals surface area (Å²) < 4.78 is 10.7. The second kappa shape index (κ2) is 7.71. The zero-order valence-electron chi connectivity index (χ0n) is 15.5. The van der Waals surface area contributed by atoms with Crippen LogP contribution in [0.15, 0.2) is 36.4 Å². The van der Waals surface area contributed by atoms with Crippen LogP contribution in [0.3, 0.4) is 0 Å². The molecule has 0 bridgehead atoms. The number of methoxy groups -OCH3 is 1. The summed E-state index contributed by atoms with van der Waals surface area (Å²) in [5.41, 5.74) is 3.50. The lowest BCUT2D eigenvalue weighted by atomic mass is 10.0. The number of fused-ring (bicyclic) bond motifs is 1. The Morgan fingerprint density at radius 3 is 2.96 bits per heavy atom. The summed E-state index contributed by atoms with van der Waals surface area (Å²) >= 11 is 0. The van der Waals surface area contributed by atoms with Gasteiger partial charge in [-0.3, -0.25) is 9.89 Å². The van der Waals surface area contributed by atoms with Crippen molar-refractivity contribution in [3.63, 3.8) is 0 Å². The smallest absolute Gasteiger partial charge is 0.250 e. The molecule has 7 heteroatoms. The molecule has 3 aromatic rings. The molecule has 2 N–H and O–H groups in total. The van der Waals surface area contributed by atoms with Gasteiger partial charge in [0.1, 0.15) is 24.1 Å². The van der Waals surface area contributed by atoms with E-state index in [4.69, 9.17) is 9.47 Å². The van der Waals surface area contributed by atoms with Gasteiger partial charge in [0.2, 0.25) is 5.91 Å². The number of hydrogen-bond donors (Lipinski definition) is 2. The fourth-order valence-electron chi connectivity index (χ4n) is 3.04. The highest BCUT2D eigenvalue weighted by Gasteiger charge is 2.23. The van der Waals surface area contributed by atoms with Crippen LogP contribution in [0, 0.1) is 17.2 Å². The van der Waals surface area contributed by atoms with Gasteiger partial charge in [-0.25, -0.2) is 0 Å². The molecular weight excluding hydrogens is 356 g/mol. The highest BCUT2D eigenvalue weighted by molar-refractivity contribution is 5.96. The lowest BCUT2D eigenvalue weighted by Crippen LogP contribution is -2.16. The number of ether oxygens (including phenoxy) is 2. The van der Waals surface area contributed by atoms with Crippen molar-refractivity contribution < 1.29 is 14.3 Å². The highest BCUT2D eigenvalue weighted by Crippen LogP contribution is 2.34. The minimum Gasteiger partial charge on any atom is -0.492 e. The Morgan fingerprint density at radius 2 is 2.21 bits per heavy atom. The number of anilines is 1. The average Bonchev–Trinajstić information content (AvgIpc) is 3.44. The van der Waals surface area contributed by atoms with E-state index >= 15 is 0 Å². The normalized spacial score (nSPS) is 13.3. The molecule has 142 valence electrons. The summed E-state index contributed by atoms with van der Waals surface area (Å²) in [5.74, 6) is 0.952. The molecule has 0 atom stereocenters. The van der Waals surface area contributed by atoms with Crippen molar-refractivity contribution in [2.75, 3.05) is 25.6 Å². The Hall–Kier alpha value is -3.37. The molecule has 1 saturated carbocycles. The molecular formula is C21H20N4O3. The number of aromatic amines is 1. The molecule has 1 amide bonds. The topological polar surface area (TPSA) is 100 Å². The van der Waals surface area contributed by atoms with Crippen molar-refractivity contribution in [3.8, 4) is 23.1 Å². The summed E-state index contributed by atoms with van der Waals surface area (Å²) in [6.45, 7) is 0.628. The Balaban J connectivity index is 1.67. The summed E-state index contributed by atoms with van der Waals surface area (Å²) in [4.78, 5) is 11.8. The van der Waals surface area contributed by atoms with Crippen LogP contribution in [-0.4, -0.2) is 36.4 Å². The quantitative estimate of drug-likeness (QED) is 0.658. The predicted octanol–water partition coefficient (Wildman–Crippen LogP) is 3.48. The maximum Gasteiger partial charge on any atom is 0.250 e. The molecule has 0 spiro atoms. The van der Waals surface area contributed by atoms with E-state index in [0.29, 0.717) is 29.5 Å². The molecule has 1 fully saturated rings. The molecule has 1 aliphatic carbocycles. The van der Waals surface area contributed by atoms with Crippen LogP contribution >= 0.6 is 0 Å². The van der Waals surface area contributed by atoms with Crippen molar-refractivity contribution in [1.29, 1.82) is 5.26 Å². The first-order chi connectivity index (χ1) is 13.7. The molecule has 1 aliphatic rings. The third-order valence-corrected chi connectivity index (χ3v) is 4.65. The zero-order chi connectivity index (χ0) is 19.5. The molecule has 28 heavy (non-hydrogen) atoms. The van der Waals surface area contributed by atoms with Gasteiger partial charge in [-0.15, -0.1) is 0 Å². The molecule has 0 aliphatic heterocycles. The van der Waals surface area contributed by atoms with Gasteiger partial charge in [0.15, 0.2) is 0 Å². The fraction of sp³-hybridized carbons (Fsp3) is 0.286. The van der Waals surface area contributed by atoms with Crippen LogP contribution in [0.2, 0.25) is 0 Å². The molecule has 0 unspecified atom stereocenters. The largest absolute Gasteiger partial charge is 0.492 e. The van der Waals surface area contributed by atoms with Gasteiger partial charge in [0, 0.05) is 23.7 Å². The number of rotatable bonds is 7. The number of carbonyl (C=O) groups is 1. The maximum atomic E-state index is 11.8. The van der Waals surface area contributed by atoms with E-state index in [1.54, 1.807) is 6.07 Å². The summed E-state index contributed by atoms with van der Waals surface area (Å²) in [7, 11) is 1.48. The molecule has 7 nitrogen and oxygen atoms in total. The summed E-state index contributed by atoms with van der Waals surface area (Å²) in [6.07, 6.45) is 2.37. The molecule has 0 saturated heterocycles. The van der Waals surface area contributed by atoms with E-state index in [1.807, 2.05) is 30.3 Å². The first-order valence-electron chi connectivity index (χ1n) is 9.12. The maximum absolute atomic E-state index is 11.8. The number of H-pyrrole nitrogens is 1. The minimum absolute atomic E-state index is 0.00576. The van der Waals surface area contributed by atoms with Crippen molar-refractivity contribution in [2.24, 2.45) is 5.92 Å². The van der Waals surface area contributed by atoms with Crippen LogP contribution in [0.1, 0.15) is 18.4 Å². The van der Waals surface area contributed by atoms with E-state index < -0.39 is 0 Å². The van der Waals surface area contributed by atoms with Gasteiger partial charge in [0.25, 0.3) is 0 Å². The van der Waals surface area contributed by atoms with Gasteiger partial charge in [-0.2, -0.15) is 10.4 Å². The highest BCUT2D eigenvalue weighted by atomic mass is 16.5. The molecule has 2 aromatic carbocycles. The van der Waals surface area contributed by atoms with E-state index in [-0.39, 0.29) is 12.5 Å². The second-order valence-corrected chi connectivity index (χ2v) is 6.89. The van der Waals surface area contributed by atoms with Crippen LogP contribution in [0.5, 0.6) is 5.75 Å². The average molecular weight is 376 g/mol. The standard InChI is InChI=1S/C21H20N4O3/c1-27-12-20(26)23-16-4-2-3-14(7-16)21-17-9-19(28-11-13-5-6-13)15(10-22)8-18(17)24-25-21/h2-4,7-9,13H,5-6,11-12H2,1H3,(H,23,26)(H,24,25). The number of nitrogens with zero attached hydrogens (tertiary/aromatic N) is 2. The Morgan fingerprint density at radius 1 is 1.36 bits per heavy atom. The monoisotopic (exact) mass is 376 g/mol. The van der Waals surface area contributed by atoms with Gasteiger partial charge in [0.05, 0.1) is 17.7 Å². The van der Waals surface area contributed by atoms with Crippen LogP contribution < -0.4 is 10.1 Å². The third-order valence-electron chi connectivity index (χ3n) is 4.65. The Labute approximate surface area is 162 Å². The SMILES string of the molecule is COCC(=O)Nc1cccc(-c2n[nH]c3cc(C#N)c(OCC4CC4)cc23)c1. The van der Waals surface area contributed by atoms with Crippen molar-refractivity contribution in [3.05, 3.63) is 42.0 Å². The van der Waals surface area contributed by atoms with E-state index in [2.05, 4.69) is 21.6 Å². The first-order valence-corrected chi connectivity index (χ1v) is 9.12. The zero-order valence-corrected chi connectivity index (χ0v) is 15.5. The molecule has 4 rings (SSSR count). The number of amides is 1. The van der Waals surface area contributed by atoms with E-state index in [1.165, 1.54) is 20.0 Å². The van der Waals surface area contributed by atoms with Gasteiger partial charge >= 0.3 is 0 Å². The van der Waals surface area contributed by atoms with Gasteiger partial charge in [-0.05, 0) is 43.0 Å². The van der Waals surface area contributed by atoms with Crippen molar-refractivity contribution >= 4 is 22.5 Å². The Bertz CT molecular complexity index is 1060. The summed E-state index contributed by atoms with van der Waals surface area (Å²) in [5, 5.41) is 20.5. The summed E-state index contributed by atoms with van der Waals surface area (Å²) in [6, 6.07) is 13.3. The number of benzene rings is 2. The Kier molecular flexibility index (Phi) is 4.96. The van der Waals surface area contributed by atoms with Crippen LogP contribution in [0.25, 0.3) is 22.2 Å². The molecule has 1 aromatic heterocycles. The van der Waals surface area contributed by atoms with Crippen LogP contribution in [0.4, 0.5) is 5.69 Å². The third kappa shape index (κ3) is 3.82. The van der Waals surface area contributed by atoms with Gasteiger partial charge < -0.3 is 14.8 Å². The van der Waals surface area contributed by atoms with Crippen molar-refractivity contribution in [1.82, 2.24) is 10.2 Å². The number of hydrogen-bond acceptors (Lipinski definition) is 5. The lowest BCUT2D eigenvalue weighted by molar-refractivity contribution is -0.119.